The molecule has 1 N–H and O–H groups in total. The lowest BCUT2D eigenvalue weighted by Gasteiger charge is -2.24. The molecule has 0 atom stereocenters. The van der Waals surface area contributed by atoms with Crippen molar-refractivity contribution >= 4 is 55.2 Å². The fraction of sp³-hybridized carbons (Fsp3) is 0.182. The Morgan fingerprint density at radius 3 is 2.61 bits per heavy atom. The number of halogens is 4. The molecule has 2 heterocycles. The van der Waals surface area contributed by atoms with Crippen LogP contribution in [0.1, 0.15) is 12.5 Å². The number of imidazole rings is 1. The molecule has 0 bridgehead atoms. The van der Waals surface area contributed by atoms with Crippen LogP contribution in [0.2, 0.25) is 5.15 Å². The van der Waals surface area contributed by atoms with E-state index in [9.17, 15) is 26.4 Å². The van der Waals surface area contributed by atoms with Gasteiger partial charge in [0.1, 0.15) is 12.3 Å². The lowest BCUT2D eigenvalue weighted by molar-refractivity contribution is -0.137. The third kappa shape index (κ3) is 5.27. The van der Waals surface area contributed by atoms with Gasteiger partial charge in [-0.25, -0.2) is 4.98 Å². The van der Waals surface area contributed by atoms with Crippen LogP contribution in [0, 0.1) is 0 Å². The molecular formula is C22H18ClF3N4O4S2. The Morgan fingerprint density at radius 1 is 1.22 bits per heavy atom. The summed E-state index contributed by atoms with van der Waals surface area (Å²) in [7, 11) is -4.64. The third-order valence-corrected chi connectivity index (χ3v) is 7.84. The Hall–Kier alpha value is -3.29. The molecule has 0 aliphatic carbocycles. The molecule has 0 aliphatic rings. The van der Waals surface area contributed by atoms with E-state index in [1.54, 1.807) is 29.6 Å². The number of alkyl halides is 3. The van der Waals surface area contributed by atoms with Crippen molar-refractivity contribution in [3.8, 4) is 5.75 Å². The van der Waals surface area contributed by atoms with E-state index >= 15 is 0 Å². The number of ether oxygens (including phenoxy) is 1. The molecule has 2 aromatic heterocycles. The van der Waals surface area contributed by atoms with Gasteiger partial charge >= 0.3 is 6.18 Å². The second-order valence-corrected chi connectivity index (χ2v) is 10.3. The zero-order valence-electron chi connectivity index (χ0n) is 18.5. The van der Waals surface area contributed by atoms with Gasteiger partial charge in [-0.3, -0.25) is 13.5 Å². The fourth-order valence-corrected chi connectivity index (χ4v) is 6.19. The zero-order chi connectivity index (χ0) is 26.1. The zero-order valence-corrected chi connectivity index (χ0v) is 20.9. The van der Waals surface area contributed by atoms with Crippen LogP contribution in [0.5, 0.6) is 5.75 Å². The molecule has 8 nitrogen and oxygen atoms in total. The van der Waals surface area contributed by atoms with Crippen molar-refractivity contribution in [1.29, 1.82) is 0 Å². The second-order valence-electron chi connectivity index (χ2n) is 7.33. The van der Waals surface area contributed by atoms with Crippen molar-refractivity contribution in [2.75, 3.05) is 22.8 Å². The number of thiazole rings is 1. The minimum atomic E-state index is -4.73. The van der Waals surface area contributed by atoms with Crippen molar-refractivity contribution in [2.24, 2.45) is 0 Å². The highest BCUT2D eigenvalue weighted by molar-refractivity contribution is 7.92. The molecule has 0 saturated heterocycles. The van der Waals surface area contributed by atoms with Crippen LogP contribution in [0.4, 0.5) is 24.5 Å². The van der Waals surface area contributed by atoms with Crippen molar-refractivity contribution in [3.63, 3.8) is 0 Å². The summed E-state index contributed by atoms with van der Waals surface area (Å²) < 4.78 is 74.6. The van der Waals surface area contributed by atoms with Crippen molar-refractivity contribution in [2.45, 2.75) is 18.1 Å². The molecule has 36 heavy (non-hydrogen) atoms. The SMILES string of the molecule is CCOc1ccc(NC(=O)CN(c2cccc(C(F)(F)F)c2)S(=O)(=O)c2c(Cl)nc3sccn23)cc1. The standard InChI is InChI=1S/C22H18ClF3N4O4S2/c1-2-34-17-8-6-15(7-9-17)27-18(31)13-30(16-5-3-4-14(12-16)22(24,25)26)36(32,33)20-19(23)28-21-29(20)10-11-35-21/h3-12H,2,13H2,1H3,(H,27,31). The molecule has 1 amide bonds. The van der Waals surface area contributed by atoms with Gasteiger partial charge in [0.15, 0.2) is 15.1 Å². The van der Waals surface area contributed by atoms with Crippen LogP contribution in [0.25, 0.3) is 4.96 Å². The Labute approximate surface area is 212 Å². The highest BCUT2D eigenvalue weighted by Gasteiger charge is 2.36. The summed E-state index contributed by atoms with van der Waals surface area (Å²) in [5, 5.41) is 3.28. The smallest absolute Gasteiger partial charge is 0.416 e. The van der Waals surface area contributed by atoms with Gasteiger partial charge in [0.25, 0.3) is 10.0 Å². The summed E-state index contributed by atoms with van der Waals surface area (Å²) in [6.45, 7) is 1.43. The molecule has 14 heteroatoms. The number of nitrogens with one attached hydrogen (secondary N) is 1. The van der Waals surface area contributed by atoms with Crippen molar-refractivity contribution in [1.82, 2.24) is 9.38 Å². The quantitative estimate of drug-likeness (QED) is 0.317. The van der Waals surface area contributed by atoms with E-state index in [4.69, 9.17) is 16.3 Å². The maximum atomic E-state index is 13.7. The van der Waals surface area contributed by atoms with Crippen LogP contribution in [0.3, 0.4) is 0 Å². The Bertz CT molecular complexity index is 1500. The molecule has 0 aliphatic heterocycles. The van der Waals surface area contributed by atoms with Gasteiger partial charge in [-0.2, -0.15) is 21.6 Å². The largest absolute Gasteiger partial charge is 0.494 e. The average Bonchev–Trinajstić information content (AvgIpc) is 3.38. The first-order valence-electron chi connectivity index (χ1n) is 10.3. The number of sulfonamides is 1. The predicted molar refractivity (Wildman–Crippen MR) is 130 cm³/mol. The molecule has 0 saturated carbocycles. The van der Waals surface area contributed by atoms with Gasteiger partial charge in [-0.1, -0.05) is 17.7 Å². The summed E-state index contributed by atoms with van der Waals surface area (Å²) in [6.07, 6.45) is -3.32. The first-order chi connectivity index (χ1) is 17.0. The van der Waals surface area contributed by atoms with Crippen LogP contribution in [-0.2, 0) is 21.0 Å². The minimum Gasteiger partial charge on any atom is -0.494 e. The number of benzene rings is 2. The van der Waals surface area contributed by atoms with Gasteiger partial charge in [-0.15, -0.1) is 11.3 Å². The fourth-order valence-electron chi connectivity index (χ4n) is 3.36. The normalized spacial score (nSPS) is 12.0. The predicted octanol–water partition coefficient (Wildman–Crippen LogP) is 5.30. The number of anilines is 2. The Morgan fingerprint density at radius 2 is 1.94 bits per heavy atom. The number of hydrogen-bond donors (Lipinski definition) is 1. The van der Waals surface area contributed by atoms with Crippen LogP contribution in [-0.4, -0.2) is 36.9 Å². The average molecular weight is 559 g/mol. The van der Waals surface area contributed by atoms with E-state index in [0.717, 1.165) is 29.5 Å². The number of rotatable bonds is 8. The summed E-state index contributed by atoms with van der Waals surface area (Å²) >= 11 is 7.23. The first-order valence-corrected chi connectivity index (χ1v) is 13.0. The summed E-state index contributed by atoms with van der Waals surface area (Å²) in [5.41, 5.74) is -1.10. The number of carbonyl (C=O) groups excluding carboxylic acids is 1. The molecule has 0 spiro atoms. The van der Waals surface area contributed by atoms with Gasteiger partial charge in [0.2, 0.25) is 5.91 Å². The number of fused-ring (bicyclic) bond motifs is 1. The van der Waals surface area contributed by atoms with Gasteiger partial charge in [0, 0.05) is 17.3 Å². The van der Waals surface area contributed by atoms with Gasteiger partial charge in [0.05, 0.1) is 17.9 Å². The number of amides is 1. The second kappa shape index (κ2) is 9.99. The van der Waals surface area contributed by atoms with E-state index in [-0.39, 0.29) is 15.8 Å². The van der Waals surface area contributed by atoms with E-state index < -0.39 is 39.2 Å². The maximum absolute atomic E-state index is 13.7. The maximum Gasteiger partial charge on any atom is 0.416 e. The van der Waals surface area contributed by atoms with Crippen LogP contribution >= 0.6 is 22.9 Å². The molecule has 0 unspecified atom stereocenters. The van der Waals surface area contributed by atoms with Gasteiger partial charge in [-0.05, 0) is 49.4 Å². The summed E-state index contributed by atoms with van der Waals surface area (Å²) in [5.74, 6) is -0.221. The van der Waals surface area contributed by atoms with Crippen molar-refractivity contribution in [3.05, 3.63) is 70.8 Å². The molecule has 4 aromatic rings. The number of nitrogens with zero attached hydrogens (tertiary/aromatic N) is 3. The lowest BCUT2D eigenvalue weighted by atomic mass is 10.2. The Balaban J connectivity index is 1.72. The topological polar surface area (TPSA) is 93.0 Å². The van der Waals surface area contributed by atoms with Crippen LogP contribution < -0.4 is 14.4 Å². The van der Waals surface area contributed by atoms with Crippen LogP contribution in [0.15, 0.2) is 65.1 Å². The third-order valence-electron chi connectivity index (χ3n) is 4.91. The molecular weight excluding hydrogens is 541 g/mol. The molecule has 0 radical (unpaired) electrons. The molecule has 190 valence electrons. The lowest BCUT2D eigenvalue weighted by Crippen LogP contribution is -2.39. The highest BCUT2D eigenvalue weighted by atomic mass is 35.5. The first kappa shape index (κ1) is 25.8. The van der Waals surface area contributed by atoms with E-state index in [1.165, 1.54) is 10.6 Å². The number of hydrogen-bond acceptors (Lipinski definition) is 6. The minimum absolute atomic E-state index is 0.265. The van der Waals surface area contributed by atoms with Crippen molar-refractivity contribution < 1.29 is 31.1 Å². The summed E-state index contributed by atoms with van der Waals surface area (Å²) in [6, 6.07) is 10.0. The molecule has 0 fully saturated rings. The highest BCUT2D eigenvalue weighted by Crippen LogP contribution is 2.35. The summed E-state index contributed by atoms with van der Waals surface area (Å²) in [4.78, 5) is 17.1. The van der Waals surface area contributed by atoms with E-state index in [1.807, 2.05) is 6.92 Å². The molecule has 2 aromatic carbocycles. The Kier molecular flexibility index (Phi) is 7.16. The number of aromatic nitrogens is 2. The van der Waals surface area contributed by atoms with Gasteiger partial charge < -0.3 is 10.1 Å². The van der Waals surface area contributed by atoms with E-state index in [2.05, 4.69) is 10.3 Å². The number of carbonyl (C=O) groups is 1. The monoisotopic (exact) mass is 558 g/mol. The van der Waals surface area contributed by atoms with E-state index in [0.29, 0.717) is 28.4 Å². The molecule has 4 rings (SSSR count).